The molecule has 0 saturated carbocycles. The van der Waals surface area contributed by atoms with Crippen LogP contribution in [-0.4, -0.2) is 30.2 Å². The molecule has 1 saturated heterocycles. The third-order valence-corrected chi connectivity index (χ3v) is 3.27. The number of benzene rings is 1. The fraction of sp³-hybridized carbons (Fsp3) is 0.308. The molecule has 1 aliphatic heterocycles. The van der Waals surface area contributed by atoms with Crippen LogP contribution in [0.2, 0.25) is 0 Å². The zero-order valence-corrected chi connectivity index (χ0v) is 9.76. The molecule has 4 nitrogen and oxygen atoms in total. The molecule has 4 heteroatoms. The quantitative estimate of drug-likeness (QED) is 0.855. The lowest BCUT2D eigenvalue weighted by Crippen LogP contribution is -2.41. The third-order valence-electron chi connectivity index (χ3n) is 3.27. The Bertz CT molecular complexity index is 529. The molecule has 3 rings (SSSR count). The topological polar surface area (TPSA) is 55.3 Å². The number of hydrogen-bond acceptors (Lipinski definition) is 4. The van der Waals surface area contributed by atoms with E-state index in [-0.39, 0.29) is 0 Å². The molecule has 1 fully saturated rings. The lowest BCUT2D eigenvalue weighted by Gasteiger charge is -2.37. The zero-order chi connectivity index (χ0) is 11.8. The summed E-state index contributed by atoms with van der Waals surface area (Å²) in [5.74, 6) is 0.953. The molecular weight excluding hydrogens is 214 g/mol. The van der Waals surface area contributed by atoms with Gasteiger partial charge in [0.25, 0.3) is 0 Å². The van der Waals surface area contributed by atoms with Crippen molar-refractivity contribution in [3.63, 3.8) is 0 Å². The summed E-state index contributed by atoms with van der Waals surface area (Å²) in [4.78, 5) is 2.30. The Morgan fingerprint density at radius 3 is 2.76 bits per heavy atom. The van der Waals surface area contributed by atoms with Gasteiger partial charge in [0.1, 0.15) is 5.69 Å². The van der Waals surface area contributed by atoms with Crippen LogP contribution in [0.3, 0.4) is 0 Å². The Hall–Kier alpha value is -1.81. The second-order valence-electron chi connectivity index (χ2n) is 4.62. The van der Waals surface area contributed by atoms with E-state index < -0.39 is 0 Å². The van der Waals surface area contributed by atoms with E-state index in [1.54, 1.807) is 6.07 Å². The van der Waals surface area contributed by atoms with Gasteiger partial charge in [0.2, 0.25) is 5.88 Å². The summed E-state index contributed by atoms with van der Waals surface area (Å²) in [6, 6.07) is 10.1. The Balaban J connectivity index is 1.99. The van der Waals surface area contributed by atoms with Crippen molar-refractivity contribution < 1.29 is 4.52 Å². The van der Waals surface area contributed by atoms with Crippen molar-refractivity contribution in [2.24, 2.45) is 0 Å². The number of nitrogen functional groups attached to an aromatic ring is 1. The van der Waals surface area contributed by atoms with Gasteiger partial charge in [-0.2, -0.15) is 0 Å². The van der Waals surface area contributed by atoms with Crippen LogP contribution in [0.1, 0.15) is 11.5 Å². The maximum absolute atomic E-state index is 5.57. The van der Waals surface area contributed by atoms with Crippen LogP contribution >= 0.6 is 0 Å². The first kappa shape index (κ1) is 10.4. The fourth-order valence-corrected chi connectivity index (χ4v) is 2.40. The number of anilines is 1. The second kappa shape index (κ2) is 3.89. The number of aromatic nitrogens is 1. The average Bonchev–Trinajstić information content (AvgIpc) is 2.72. The van der Waals surface area contributed by atoms with Gasteiger partial charge in [-0.15, -0.1) is 0 Å². The van der Waals surface area contributed by atoms with Gasteiger partial charge in [-0.1, -0.05) is 29.4 Å². The standard InChI is InChI=1S/C13H15N3O/c1-16-7-9(8-16)10-4-2-3-5-11(10)12-6-13(14)17-15-12/h2-6,9H,7-8,14H2,1H3. The molecule has 0 radical (unpaired) electrons. The van der Waals surface area contributed by atoms with E-state index in [9.17, 15) is 0 Å². The van der Waals surface area contributed by atoms with Gasteiger partial charge < -0.3 is 15.2 Å². The molecule has 0 aliphatic carbocycles. The van der Waals surface area contributed by atoms with Gasteiger partial charge in [0.15, 0.2) is 0 Å². The smallest absolute Gasteiger partial charge is 0.222 e. The first-order chi connectivity index (χ1) is 8.24. The van der Waals surface area contributed by atoms with Crippen LogP contribution in [0.25, 0.3) is 11.3 Å². The van der Waals surface area contributed by atoms with Gasteiger partial charge in [0, 0.05) is 30.6 Å². The summed E-state index contributed by atoms with van der Waals surface area (Å²) in [6.45, 7) is 2.20. The molecule has 0 unspecified atom stereocenters. The van der Waals surface area contributed by atoms with E-state index in [1.165, 1.54) is 5.56 Å². The van der Waals surface area contributed by atoms with Gasteiger partial charge in [-0.3, -0.25) is 0 Å². The maximum atomic E-state index is 5.57. The molecule has 17 heavy (non-hydrogen) atoms. The van der Waals surface area contributed by atoms with Gasteiger partial charge in [-0.05, 0) is 12.6 Å². The molecule has 0 amide bonds. The van der Waals surface area contributed by atoms with Gasteiger partial charge in [-0.25, -0.2) is 0 Å². The average molecular weight is 229 g/mol. The third kappa shape index (κ3) is 1.80. The highest BCUT2D eigenvalue weighted by atomic mass is 16.5. The van der Waals surface area contributed by atoms with Crippen LogP contribution in [0.4, 0.5) is 5.88 Å². The number of rotatable bonds is 2. The Kier molecular flexibility index (Phi) is 2.37. The number of hydrogen-bond donors (Lipinski definition) is 1. The molecule has 1 aliphatic rings. The highest BCUT2D eigenvalue weighted by Crippen LogP contribution is 2.33. The van der Waals surface area contributed by atoms with Crippen LogP contribution in [0.5, 0.6) is 0 Å². The Labute approximate surface area is 100 Å². The predicted octanol–water partition coefficient (Wildman–Crippen LogP) is 1.95. The van der Waals surface area contributed by atoms with E-state index in [0.717, 1.165) is 24.3 Å². The van der Waals surface area contributed by atoms with E-state index in [1.807, 2.05) is 6.07 Å². The molecule has 1 aromatic heterocycles. The van der Waals surface area contributed by atoms with E-state index in [2.05, 4.69) is 35.3 Å². The molecule has 0 spiro atoms. The Morgan fingerprint density at radius 2 is 2.12 bits per heavy atom. The van der Waals surface area contributed by atoms with Crippen molar-refractivity contribution in [3.8, 4) is 11.3 Å². The maximum Gasteiger partial charge on any atom is 0.222 e. The van der Waals surface area contributed by atoms with Crippen LogP contribution in [0, 0.1) is 0 Å². The molecule has 2 heterocycles. The van der Waals surface area contributed by atoms with Gasteiger partial charge >= 0.3 is 0 Å². The van der Waals surface area contributed by atoms with Crippen LogP contribution in [0.15, 0.2) is 34.9 Å². The largest absolute Gasteiger partial charge is 0.368 e. The van der Waals surface area contributed by atoms with Crippen LogP contribution in [-0.2, 0) is 0 Å². The summed E-state index contributed by atoms with van der Waals surface area (Å²) >= 11 is 0. The van der Waals surface area contributed by atoms with Crippen molar-refractivity contribution in [2.45, 2.75) is 5.92 Å². The van der Waals surface area contributed by atoms with Gasteiger partial charge in [0.05, 0.1) is 0 Å². The summed E-state index contributed by atoms with van der Waals surface area (Å²) < 4.78 is 4.94. The Morgan fingerprint density at radius 1 is 1.35 bits per heavy atom. The minimum atomic E-state index is 0.362. The van der Waals surface area contributed by atoms with Crippen molar-refractivity contribution in [3.05, 3.63) is 35.9 Å². The minimum Gasteiger partial charge on any atom is -0.368 e. The lowest BCUT2D eigenvalue weighted by molar-refractivity contribution is 0.190. The summed E-state index contributed by atoms with van der Waals surface area (Å²) in [5, 5.41) is 3.99. The fourth-order valence-electron chi connectivity index (χ4n) is 2.40. The highest BCUT2D eigenvalue weighted by molar-refractivity contribution is 5.66. The van der Waals surface area contributed by atoms with Crippen LogP contribution < -0.4 is 5.73 Å². The molecule has 0 atom stereocenters. The van der Waals surface area contributed by atoms with E-state index in [4.69, 9.17) is 10.3 Å². The minimum absolute atomic E-state index is 0.362. The first-order valence-electron chi connectivity index (χ1n) is 5.74. The molecular formula is C13H15N3O. The number of nitrogens with zero attached hydrogens (tertiary/aromatic N) is 2. The van der Waals surface area contributed by atoms with E-state index >= 15 is 0 Å². The number of likely N-dealkylation sites (tertiary alicyclic amines) is 1. The highest BCUT2D eigenvalue weighted by Gasteiger charge is 2.27. The molecule has 0 bridgehead atoms. The van der Waals surface area contributed by atoms with Crippen molar-refractivity contribution in [2.75, 3.05) is 25.9 Å². The lowest BCUT2D eigenvalue weighted by atomic mass is 9.87. The first-order valence-corrected chi connectivity index (χ1v) is 5.74. The van der Waals surface area contributed by atoms with E-state index in [0.29, 0.717) is 11.8 Å². The predicted molar refractivity (Wildman–Crippen MR) is 66.6 cm³/mol. The monoisotopic (exact) mass is 229 g/mol. The zero-order valence-electron chi connectivity index (χ0n) is 9.76. The van der Waals surface area contributed by atoms with Crippen molar-refractivity contribution >= 4 is 5.88 Å². The summed E-state index contributed by atoms with van der Waals surface area (Å²) in [5.41, 5.74) is 8.86. The SMILES string of the molecule is CN1CC(c2ccccc2-c2cc(N)on2)C1. The second-order valence-corrected chi connectivity index (χ2v) is 4.62. The van der Waals surface area contributed by atoms with Crippen molar-refractivity contribution in [1.29, 1.82) is 0 Å². The molecule has 2 N–H and O–H groups in total. The summed E-state index contributed by atoms with van der Waals surface area (Å²) in [7, 11) is 2.13. The number of likely N-dealkylation sites (N-methyl/N-ethyl adjacent to an activating group) is 1. The normalized spacial score (nSPS) is 17.0. The summed E-state index contributed by atoms with van der Waals surface area (Å²) in [6.07, 6.45) is 0. The molecule has 1 aromatic carbocycles. The molecule has 2 aromatic rings. The molecule has 88 valence electrons. The number of nitrogens with two attached hydrogens (primary N) is 1. The van der Waals surface area contributed by atoms with Crippen molar-refractivity contribution in [1.82, 2.24) is 10.1 Å².